The van der Waals surface area contributed by atoms with Gasteiger partial charge in [-0.25, -0.2) is 4.89 Å². The van der Waals surface area contributed by atoms with Gasteiger partial charge in [0.1, 0.15) is 5.60 Å². The van der Waals surface area contributed by atoms with Crippen molar-refractivity contribution in [2.24, 2.45) is 0 Å². The number of aliphatic hydroxyl groups is 1. The lowest BCUT2D eigenvalue weighted by Gasteiger charge is -2.25. The predicted octanol–water partition coefficient (Wildman–Crippen LogP) is 1.03. The van der Waals surface area contributed by atoms with Crippen LogP contribution in [0.3, 0.4) is 0 Å². The minimum atomic E-state index is -0.839. The second-order valence-corrected chi connectivity index (χ2v) is 2.62. The number of rotatable bonds is 3. The fourth-order valence-corrected chi connectivity index (χ4v) is 0.552. The van der Waals surface area contributed by atoms with E-state index >= 15 is 0 Å². The summed E-state index contributed by atoms with van der Waals surface area (Å²) in [7, 11) is 0. The zero-order valence-electron chi connectivity index (χ0n) is 6.09. The van der Waals surface area contributed by atoms with Crippen LogP contribution >= 0.6 is 0 Å². The molecule has 0 aliphatic heterocycles. The van der Waals surface area contributed by atoms with E-state index in [1.165, 1.54) is 0 Å². The second kappa shape index (κ2) is 3.15. The maximum Gasteiger partial charge on any atom is 0.123 e. The van der Waals surface area contributed by atoms with E-state index in [0.29, 0.717) is 6.42 Å². The molecule has 2 N–H and O–H groups in total. The summed E-state index contributed by atoms with van der Waals surface area (Å²) in [4.78, 5) is 4.04. The fourth-order valence-electron chi connectivity index (χ4n) is 0.552. The molecule has 56 valence electrons. The highest BCUT2D eigenvalue weighted by molar-refractivity contribution is 4.75. The highest BCUT2D eigenvalue weighted by atomic mass is 17.1. The lowest BCUT2D eigenvalue weighted by atomic mass is 10.0. The van der Waals surface area contributed by atoms with Gasteiger partial charge in [-0.1, -0.05) is 6.92 Å². The van der Waals surface area contributed by atoms with Crippen molar-refractivity contribution in [2.45, 2.75) is 38.9 Å². The average molecular weight is 134 g/mol. The Hall–Kier alpha value is -0.120. The van der Waals surface area contributed by atoms with Crippen molar-refractivity contribution in [3.63, 3.8) is 0 Å². The molecule has 0 aromatic rings. The summed E-state index contributed by atoms with van der Waals surface area (Å²) in [5, 5.41) is 17.3. The molecule has 0 aromatic heterocycles. The fraction of sp³-hybridized carbons (Fsp3) is 1.00. The maximum absolute atomic E-state index is 9.10. The zero-order chi connectivity index (χ0) is 7.49. The Labute approximate surface area is 55.2 Å². The van der Waals surface area contributed by atoms with E-state index in [-0.39, 0.29) is 0 Å². The van der Waals surface area contributed by atoms with Crippen LogP contribution in [0.15, 0.2) is 0 Å². The summed E-state index contributed by atoms with van der Waals surface area (Å²) in [6.07, 6.45) is -0.0319. The molecule has 1 atom stereocenters. The van der Waals surface area contributed by atoms with Crippen molar-refractivity contribution in [3.8, 4) is 0 Å². The summed E-state index contributed by atoms with van der Waals surface area (Å²) in [6.45, 7) is 5.08. The summed E-state index contributed by atoms with van der Waals surface area (Å²) in [6, 6.07) is 0. The minimum absolute atomic E-state index is 0.577. The van der Waals surface area contributed by atoms with Gasteiger partial charge in [0.25, 0.3) is 0 Å². The van der Waals surface area contributed by atoms with Crippen LogP contribution < -0.4 is 0 Å². The third kappa shape index (κ3) is 2.30. The Morgan fingerprint density at radius 1 is 1.56 bits per heavy atom. The van der Waals surface area contributed by atoms with Crippen molar-refractivity contribution in [3.05, 3.63) is 0 Å². The van der Waals surface area contributed by atoms with Crippen LogP contribution in [0.1, 0.15) is 27.2 Å². The summed E-state index contributed by atoms with van der Waals surface area (Å²) in [5.41, 5.74) is -0.839. The van der Waals surface area contributed by atoms with Gasteiger partial charge in [-0.15, -0.1) is 0 Å². The third-order valence-corrected chi connectivity index (χ3v) is 1.42. The summed E-state index contributed by atoms with van der Waals surface area (Å²) in [5.74, 6) is 0. The average Bonchev–Trinajstić information content (AvgIpc) is 1.86. The monoisotopic (exact) mass is 134 g/mol. The lowest BCUT2D eigenvalue weighted by molar-refractivity contribution is -0.333. The Kier molecular flexibility index (Phi) is 3.11. The Morgan fingerprint density at radius 2 is 2.00 bits per heavy atom. The van der Waals surface area contributed by atoms with Gasteiger partial charge in [-0.3, -0.25) is 5.26 Å². The van der Waals surface area contributed by atoms with Gasteiger partial charge in [0.2, 0.25) is 0 Å². The molecule has 0 fully saturated rings. The quantitative estimate of drug-likeness (QED) is 0.447. The van der Waals surface area contributed by atoms with E-state index in [1.54, 1.807) is 13.8 Å². The van der Waals surface area contributed by atoms with E-state index < -0.39 is 11.7 Å². The molecule has 1 unspecified atom stereocenters. The molecular weight excluding hydrogens is 120 g/mol. The van der Waals surface area contributed by atoms with Gasteiger partial charge in [0, 0.05) is 0 Å². The molecule has 0 aromatic carbocycles. The SMILES string of the molecule is CCC(O)C(C)(C)OO. The first-order valence-electron chi connectivity index (χ1n) is 3.05. The highest BCUT2D eigenvalue weighted by Crippen LogP contribution is 2.15. The van der Waals surface area contributed by atoms with Crippen molar-refractivity contribution < 1.29 is 15.3 Å². The molecule has 0 rings (SSSR count). The number of hydrogen-bond acceptors (Lipinski definition) is 3. The van der Waals surface area contributed by atoms with Crippen LogP contribution in [0.25, 0.3) is 0 Å². The van der Waals surface area contributed by atoms with Crippen molar-refractivity contribution in [1.29, 1.82) is 0 Å². The molecule has 0 heterocycles. The molecule has 0 bridgehead atoms. The minimum Gasteiger partial charge on any atom is -0.390 e. The van der Waals surface area contributed by atoms with E-state index in [1.807, 2.05) is 6.92 Å². The molecule has 9 heavy (non-hydrogen) atoms. The molecule has 0 aliphatic rings. The molecule has 0 aliphatic carbocycles. The topological polar surface area (TPSA) is 49.7 Å². The van der Waals surface area contributed by atoms with E-state index in [9.17, 15) is 0 Å². The van der Waals surface area contributed by atoms with Gasteiger partial charge < -0.3 is 5.11 Å². The van der Waals surface area contributed by atoms with Crippen molar-refractivity contribution in [1.82, 2.24) is 0 Å². The molecule has 0 saturated heterocycles. The van der Waals surface area contributed by atoms with Crippen LogP contribution in [0.2, 0.25) is 0 Å². The normalized spacial score (nSPS) is 15.7. The molecular formula is C6H14O3. The van der Waals surface area contributed by atoms with Gasteiger partial charge in [-0.05, 0) is 20.3 Å². The molecule has 0 saturated carbocycles. The van der Waals surface area contributed by atoms with Crippen LogP contribution in [0, 0.1) is 0 Å². The van der Waals surface area contributed by atoms with E-state index in [4.69, 9.17) is 10.4 Å². The standard InChI is InChI=1S/C6H14O3/c1-4-5(7)6(2,3)9-8/h5,7-8H,4H2,1-3H3. The number of aliphatic hydroxyl groups excluding tert-OH is 1. The second-order valence-electron chi connectivity index (χ2n) is 2.62. The van der Waals surface area contributed by atoms with E-state index in [2.05, 4.69) is 4.89 Å². The van der Waals surface area contributed by atoms with Crippen LogP contribution in [-0.2, 0) is 4.89 Å². The third-order valence-electron chi connectivity index (χ3n) is 1.42. The van der Waals surface area contributed by atoms with E-state index in [0.717, 1.165) is 0 Å². The number of hydrogen-bond donors (Lipinski definition) is 2. The van der Waals surface area contributed by atoms with Crippen molar-refractivity contribution in [2.75, 3.05) is 0 Å². The summed E-state index contributed by atoms with van der Waals surface area (Å²) < 4.78 is 0. The van der Waals surface area contributed by atoms with Gasteiger partial charge in [-0.2, -0.15) is 0 Å². The Balaban J connectivity index is 3.80. The molecule has 0 amide bonds. The lowest BCUT2D eigenvalue weighted by Crippen LogP contribution is -2.37. The Bertz CT molecular complexity index is 80.4. The zero-order valence-corrected chi connectivity index (χ0v) is 6.09. The summed E-state index contributed by atoms with van der Waals surface area (Å²) >= 11 is 0. The predicted molar refractivity (Wildman–Crippen MR) is 34.1 cm³/mol. The van der Waals surface area contributed by atoms with Gasteiger partial charge in [0.15, 0.2) is 0 Å². The van der Waals surface area contributed by atoms with Gasteiger partial charge in [0.05, 0.1) is 6.10 Å². The first-order valence-corrected chi connectivity index (χ1v) is 3.05. The largest absolute Gasteiger partial charge is 0.390 e. The van der Waals surface area contributed by atoms with Crippen LogP contribution in [0.5, 0.6) is 0 Å². The molecule has 0 spiro atoms. The highest BCUT2D eigenvalue weighted by Gasteiger charge is 2.27. The first-order chi connectivity index (χ1) is 4.04. The van der Waals surface area contributed by atoms with Crippen LogP contribution in [-0.4, -0.2) is 22.1 Å². The Morgan fingerprint density at radius 3 is 2.11 bits per heavy atom. The molecule has 0 radical (unpaired) electrons. The smallest absolute Gasteiger partial charge is 0.123 e. The van der Waals surface area contributed by atoms with Gasteiger partial charge >= 0.3 is 0 Å². The first kappa shape index (κ1) is 8.88. The molecule has 3 nitrogen and oxygen atoms in total. The molecule has 3 heteroatoms. The van der Waals surface area contributed by atoms with Crippen molar-refractivity contribution >= 4 is 0 Å². The maximum atomic E-state index is 9.10. The van der Waals surface area contributed by atoms with Crippen LogP contribution in [0.4, 0.5) is 0 Å².